The van der Waals surface area contributed by atoms with Crippen molar-refractivity contribution in [1.82, 2.24) is 13.9 Å². The average molecular weight is 359 g/mol. The maximum Gasteiger partial charge on any atom is 0.131 e. The lowest BCUT2D eigenvalue weighted by Gasteiger charge is -2.08. The molecule has 25 heavy (non-hydrogen) atoms. The minimum Gasteiger partial charge on any atom is -0.493 e. The lowest BCUT2D eigenvalue weighted by atomic mass is 10.3. The fourth-order valence-corrected chi connectivity index (χ4v) is 3.53. The lowest BCUT2D eigenvalue weighted by molar-refractivity contribution is 0.184. The molecule has 0 aliphatic rings. The summed E-state index contributed by atoms with van der Waals surface area (Å²) in [6.45, 7) is 1.37. The van der Waals surface area contributed by atoms with Gasteiger partial charge < -0.3 is 9.47 Å². The molecule has 0 fully saturated rings. The third kappa shape index (κ3) is 4.64. The van der Waals surface area contributed by atoms with Crippen LogP contribution in [0.1, 0.15) is 18.5 Å². The predicted octanol–water partition coefficient (Wildman–Crippen LogP) is 2.95. The molecule has 1 unspecified atom stereocenters. The number of ether oxygens (including phenoxy) is 2. The molecule has 2 aromatic heterocycles. The van der Waals surface area contributed by atoms with E-state index in [4.69, 9.17) is 9.47 Å². The molecule has 132 valence electrons. The first kappa shape index (κ1) is 17.6. The molecule has 7 heteroatoms. The Morgan fingerprint density at radius 3 is 2.84 bits per heavy atom. The molecule has 0 aliphatic heterocycles. The van der Waals surface area contributed by atoms with Gasteiger partial charge >= 0.3 is 0 Å². The summed E-state index contributed by atoms with van der Waals surface area (Å²) in [6.07, 6.45) is 5.19. The van der Waals surface area contributed by atoms with E-state index in [1.54, 1.807) is 23.6 Å². The van der Waals surface area contributed by atoms with Crippen molar-refractivity contribution >= 4 is 22.0 Å². The third-order valence-corrected chi connectivity index (χ3v) is 4.98. The van der Waals surface area contributed by atoms with Crippen LogP contribution in [-0.2, 0) is 21.5 Å². The van der Waals surface area contributed by atoms with E-state index in [9.17, 15) is 4.21 Å². The van der Waals surface area contributed by atoms with Gasteiger partial charge in [0.25, 0.3) is 0 Å². The molecule has 0 spiro atoms. The number of fused-ring (bicyclic) bond motifs is 1. The van der Waals surface area contributed by atoms with Crippen molar-refractivity contribution in [2.75, 3.05) is 20.3 Å². The Labute approximate surface area is 149 Å². The van der Waals surface area contributed by atoms with Crippen LogP contribution in [0.25, 0.3) is 11.0 Å². The highest BCUT2D eigenvalue weighted by molar-refractivity contribution is 7.82. The molecule has 3 rings (SSSR count). The van der Waals surface area contributed by atoms with Crippen molar-refractivity contribution in [3.8, 4) is 5.75 Å². The Balaban J connectivity index is 1.62. The van der Waals surface area contributed by atoms with Crippen molar-refractivity contribution in [3.05, 3.63) is 54.6 Å². The molecular formula is C18H21N3O3S. The van der Waals surface area contributed by atoms with Crippen molar-refractivity contribution < 1.29 is 13.7 Å². The number of hydrogen-bond acceptors (Lipinski definition) is 5. The van der Waals surface area contributed by atoms with E-state index in [0.717, 1.165) is 41.9 Å². The number of rotatable bonds is 9. The Morgan fingerprint density at radius 1 is 1.12 bits per heavy atom. The standard InChI is InChI=1S/C18H21N3O3S/c1-23-10-4-5-11-24-16-8-9-19-15(12-16)13-25(22)21-14-20-17-6-2-3-7-18(17)21/h2-3,6-9,12,14H,4-5,10-11,13H2,1H3. The van der Waals surface area contributed by atoms with Crippen molar-refractivity contribution in [1.29, 1.82) is 0 Å². The van der Waals surface area contributed by atoms with E-state index >= 15 is 0 Å². The molecular weight excluding hydrogens is 338 g/mol. The van der Waals surface area contributed by atoms with Crippen LogP contribution in [0.2, 0.25) is 0 Å². The summed E-state index contributed by atoms with van der Waals surface area (Å²) in [4.78, 5) is 8.58. The van der Waals surface area contributed by atoms with Crippen LogP contribution in [0.3, 0.4) is 0 Å². The van der Waals surface area contributed by atoms with E-state index in [1.165, 1.54) is 0 Å². The Hall–Kier alpha value is -2.25. The molecule has 6 nitrogen and oxygen atoms in total. The minimum absolute atomic E-state index is 0.307. The number of imidazole rings is 1. The van der Waals surface area contributed by atoms with E-state index in [0.29, 0.717) is 12.4 Å². The van der Waals surface area contributed by atoms with Gasteiger partial charge in [-0.2, -0.15) is 0 Å². The average Bonchev–Trinajstić information content (AvgIpc) is 3.06. The second kappa shape index (κ2) is 8.73. The van der Waals surface area contributed by atoms with Gasteiger partial charge in [0.15, 0.2) is 0 Å². The normalized spacial score (nSPS) is 12.4. The first-order valence-electron chi connectivity index (χ1n) is 8.15. The van der Waals surface area contributed by atoms with Gasteiger partial charge in [0, 0.05) is 26.0 Å². The summed E-state index contributed by atoms with van der Waals surface area (Å²) in [7, 11) is 0.417. The summed E-state index contributed by atoms with van der Waals surface area (Å²) in [6, 6.07) is 11.3. The van der Waals surface area contributed by atoms with Gasteiger partial charge in [-0.25, -0.2) is 13.2 Å². The highest BCUT2D eigenvalue weighted by Gasteiger charge is 2.10. The van der Waals surface area contributed by atoms with Gasteiger partial charge in [0.05, 0.1) is 29.1 Å². The van der Waals surface area contributed by atoms with Gasteiger partial charge in [-0.1, -0.05) is 12.1 Å². The minimum atomic E-state index is -1.28. The fraction of sp³-hybridized carbons (Fsp3) is 0.333. The largest absolute Gasteiger partial charge is 0.493 e. The summed E-state index contributed by atoms with van der Waals surface area (Å²) >= 11 is 0. The molecule has 0 bridgehead atoms. The molecule has 0 saturated carbocycles. The van der Waals surface area contributed by atoms with E-state index in [-0.39, 0.29) is 0 Å². The molecule has 1 aromatic carbocycles. The first-order chi connectivity index (χ1) is 12.3. The zero-order chi connectivity index (χ0) is 17.5. The number of nitrogens with zero attached hydrogens (tertiary/aromatic N) is 3. The van der Waals surface area contributed by atoms with E-state index in [1.807, 2.05) is 36.4 Å². The number of pyridine rings is 1. The zero-order valence-corrected chi connectivity index (χ0v) is 14.9. The topological polar surface area (TPSA) is 66.2 Å². The summed E-state index contributed by atoms with van der Waals surface area (Å²) in [5.74, 6) is 1.05. The van der Waals surface area contributed by atoms with Gasteiger partial charge in [-0.15, -0.1) is 0 Å². The predicted molar refractivity (Wildman–Crippen MR) is 97.8 cm³/mol. The Kier molecular flexibility index (Phi) is 6.14. The molecule has 1 atom stereocenters. The molecule has 0 aliphatic carbocycles. The maximum absolute atomic E-state index is 12.7. The second-order valence-electron chi connectivity index (χ2n) is 5.56. The summed E-state index contributed by atoms with van der Waals surface area (Å²) < 4.78 is 25.1. The number of unbranched alkanes of at least 4 members (excludes halogenated alkanes) is 1. The molecule has 0 saturated heterocycles. The number of para-hydroxylation sites is 2. The Morgan fingerprint density at radius 2 is 1.96 bits per heavy atom. The van der Waals surface area contributed by atoms with Crippen molar-refractivity contribution in [3.63, 3.8) is 0 Å². The number of aromatic nitrogens is 3. The first-order valence-corrected chi connectivity index (χ1v) is 9.43. The van der Waals surface area contributed by atoms with Crippen LogP contribution in [-0.4, -0.2) is 38.5 Å². The molecule has 0 radical (unpaired) electrons. The number of hydrogen-bond donors (Lipinski definition) is 0. The van der Waals surface area contributed by atoms with E-state index in [2.05, 4.69) is 9.97 Å². The van der Waals surface area contributed by atoms with Crippen LogP contribution in [0.5, 0.6) is 5.75 Å². The molecule has 0 amide bonds. The van der Waals surface area contributed by atoms with Gasteiger partial charge in [-0.3, -0.25) is 4.98 Å². The summed E-state index contributed by atoms with van der Waals surface area (Å²) in [5.41, 5.74) is 2.41. The highest BCUT2D eigenvalue weighted by atomic mass is 32.2. The quantitative estimate of drug-likeness (QED) is 0.550. The van der Waals surface area contributed by atoms with Crippen LogP contribution >= 0.6 is 0 Å². The Bertz CT molecular complexity index is 850. The highest BCUT2D eigenvalue weighted by Crippen LogP contribution is 2.17. The van der Waals surface area contributed by atoms with Crippen LogP contribution in [0.15, 0.2) is 48.9 Å². The van der Waals surface area contributed by atoms with Crippen LogP contribution in [0, 0.1) is 0 Å². The van der Waals surface area contributed by atoms with Gasteiger partial charge in [0.2, 0.25) is 0 Å². The van der Waals surface area contributed by atoms with Crippen LogP contribution < -0.4 is 4.74 Å². The molecule has 0 N–H and O–H groups in total. The SMILES string of the molecule is COCCCCOc1ccnc(CS(=O)n2cnc3ccccc32)c1. The van der Waals surface area contributed by atoms with Crippen molar-refractivity contribution in [2.45, 2.75) is 18.6 Å². The van der Waals surface area contributed by atoms with E-state index < -0.39 is 11.0 Å². The fourth-order valence-electron chi connectivity index (χ4n) is 2.46. The monoisotopic (exact) mass is 359 g/mol. The third-order valence-electron chi connectivity index (χ3n) is 3.71. The van der Waals surface area contributed by atoms with Gasteiger partial charge in [-0.05, 0) is 31.0 Å². The molecule has 2 heterocycles. The van der Waals surface area contributed by atoms with Crippen LogP contribution in [0.4, 0.5) is 0 Å². The maximum atomic E-state index is 12.7. The summed E-state index contributed by atoms with van der Waals surface area (Å²) in [5, 5.41) is 0. The smallest absolute Gasteiger partial charge is 0.131 e. The lowest BCUT2D eigenvalue weighted by Crippen LogP contribution is -2.07. The number of methoxy groups -OCH3 is 1. The number of benzene rings is 1. The zero-order valence-electron chi connectivity index (χ0n) is 14.1. The molecule has 3 aromatic rings. The van der Waals surface area contributed by atoms with Gasteiger partial charge in [0.1, 0.15) is 23.1 Å². The van der Waals surface area contributed by atoms with Crippen molar-refractivity contribution in [2.24, 2.45) is 0 Å². The second-order valence-corrected chi connectivity index (χ2v) is 6.88.